The number of benzene rings is 1. The number of nitrogens with two attached hydrogens (primary N) is 1. The Morgan fingerprint density at radius 3 is 2.87 bits per heavy atom. The molecule has 0 saturated heterocycles. The van der Waals surface area contributed by atoms with Crippen LogP contribution in [0.3, 0.4) is 0 Å². The smallest absolute Gasteiger partial charge is 0.181 e. The van der Waals surface area contributed by atoms with Gasteiger partial charge in [0.15, 0.2) is 12.2 Å². The van der Waals surface area contributed by atoms with Gasteiger partial charge in [-0.05, 0) is 18.2 Å². The molecule has 0 aliphatic rings. The molecule has 0 radical (unpaired) electrons. The van der Waals surface area contributed by atoms with Crippen LogP contribution in [0.2, 0.25) is 0 Å². The molecule has 0 spiro atoms. The van der Waals surface area contributed by atoms with E-state index in [0.717, 1.165) is 20.2 Å². The summed E-state index contributed by atoms with van der Waals surface area (Å²) in [5, 5.41) is 0. The van der Waals surface area contributed by atoms with Crippen molar-refractivity contribution in [3.8, 4) is 11.3 Å². The fraction of sp³-hybridized carbons (Fsp3) is 0.100. The molecule has 2 aromatic rings. The van der Waals surface area contributed by atoms with E-state index in [9.17, 15) is 0 Å². The van der Waals surface area contributed by atoms with Crippen LogP contribution >= 0.6 is 31.9 Å². The monoisotopic (exact) mass is 330 g/mol. The first-order valence-electron chi connectivity index (χ1n) is 4.30. The zero-order valence-corrected chi connectivity index (χ0v) is 10.9. The van der Waals surface area contributed by atoms with Gasteiger partial charge in [-0.15, -0.1) is 0 Å². The molecule has 0 amide bonds. The Morgan fingerprint density at radius 1 is 1.33 bits per heavy atom. The highest BCUT2D eigenvalue weighted by Gasteiger charge is 2.12. The lowest BCUT2D eigenvalue weighted by atomic mass is 10.1. The molecule has 0 aliphatic carbocycles. The van der Waals surface area contributed by atoms with Gasteiger partial charge in [0, 0.05) is 21.1 Å². The number of nitrogens with zero attached hydrogens (tertiary/aromatic N) is 1. The minimum absolute atomic E-state index is 0.366. The van der Waals surface area contributed by atoms with E-state index in [1.807, 2.05) is 18.2 Å². The minimum Gasteiger partial charge on any atom is -0.443 e. The second kappa shape index (κ2) is 4.47. The summed E-state index contributed by atoms with van der Waals surface area (Å²) in [6.45, 7) is 0.366. The van der Waals surface area contributed by atoms with Gasteiger partial charge in [-0.1, -0.05) is 31.9 Å². The van der Waals surface area contributed by atoms with E-state index >= 15 is 0 Å². The number of hydrogen-bond donors (Lipinski definition) is 1. The van der Waals surface area contributed by atoms with Crippen LogP contribution < -0.4 is 5.73 Å². The second-order valence-electron chi connectivity index (χ2n) is 2.96. The predicted octanol–water partition coefficient (Wildman–Crippen LogP) is 3.33. The van der Waals surface area contributed by atoms with Crippen LogP contribution in [0.25, 0.3) is 11.3 Å². The lowest BCUT2D eigenvalue weighted by molar-refractivity contribution is 0.570. The largest absolute Gasteiger partial charge is 0.443 e. The molecule has 0 unspecified atom stereocenters. The van der Waals surface area contributed by atoms with E-state index in [1.165, 1.54) is 6.39 Å². The topological polar surface area (TPSA) is 52.0 Å². The standard InChI is InChI=1S/C10H8Br2N2O/c11-6-1-2-8(12)7(3-6)10-9(4-13)14-5-15-10/h1-3,5H,4,13H2. The van der Waals surface area contributed by atoms with Crippen molar-refractivity contribution in [2.45, 2.75) is 6.54 Å². The fourth-order valence-corrected chi connectivity index (χ4v) is 2.09. The highest BCUT2D eigenvalue weighted by molar-refractivity contribution is 9.11. The summed E-state index contributed by atoms with van der Waals surface area (Å²) in [6, 6.07) is 5.86. The molecule has 78 valence electrons. The summed E-state index contributed by atoms with van der Waals surface area (Å²) in [7, 11) is 0. The summed E-state index contributed by atoms with van der Waals surface area (Å²) in [6.07, 6.45) is 1.41. The Hall–Kier alpha value is -0.650. The van der Waals surface area contributed by atoms with Crippen LogP contribution in [0.1, 0.15) is 5.69 Å². The van der Waals surface area contributed by atoms with Crippen molar-refractivity contribution in [3.63, 3.8) is 0 Å². The number of oxazole rings is 1. The maximum Gasteiger partial charge on any atom is 0.181 e. The first-order chi connectivity index (χ1) is 7.22. The maximum atomic E-state index is 5.57. The molecule has 1 aromatic carbocycles. The Balaban J connectivity index is 2.58. The van der Waals surface area contributed by atoms with Gasteiger partial charge in [0.2, 0.25) is 0 Å². The van der Waals surface area contributed by atoms with Crippen molar-refractivity contribution in [3.05, 3.63) is 39.2 Å². The Kier molecular flexibility index (Phi) is 3.23. The third-order valence-electron chi connectivity index (χ3n) is 2.01. The molecule has 0 bridgehead atoms. The summed E-state index contributed by atoms with van der Waals surface area (Å²) in [5.74, 6) is 0.714. The third kappa shape index (κ3) is 2.14. The maximum absolute atomic E-state index is 5.57. The van der Waals surface area contributed by atoms with Gasteiger partial charge in [-0.3, -0.25) is 0 Å². The van der Waals surface area contributed by atoms with E-state index < -0.39 is 0 Å². The minimum atomic E-state index is 0.366. The summed E-state index contributed by atoms with van der Waals surface area (Å²) < 4.78 is 7.28. The Labute approximate surface area is 104 Å². The molecule has 2 rings (SSSR count). The molecule has 0 fully saturated rings. The first kappa shape index (κ1) is 10.9. The SMILES string of the molecule is NCc1ncoc1-c1cc(Br)ccc1Br. The van der Waals surface area contributed by atoms with Gasteiger partial charge >= 0.3 is 0 Å². The summed E-state index contributed by atoms with van der Waals surface area (Å²) in [4.78, 5) is 4.05. The van der Waals surface area contributed by atoms with E-state index in [0.29, 0.717) is 12.3 Å². The lowest BCUT2D eigenvalue weighted by Gasteiger charge is -2.03. The van der Waals surface area contributed by atoms with Crippen LogP contribution in [-0.4, -0.2) is 4.98 Å². The molecule has 0 aliphatic heterocycles. The van der Waals surface area contributed by atoms with E-state index in [4.69, 9.17) is 10.2 Å². The van der Waals surface area contributed by atoms with Gasteiger partial charge in [-0.2, -0.15) is 0 Å². The highest BCUT2D eigenvalue weighted by Crippen LogP contribution is 2.32. The van der Waals surface area contributed by atoms with Crippen molar-refractivity contribution in [2.24, 2.45) is 5.73 Å². The molecular formula is C10H8Br2N2O. The van der Waals surface area contributed by atoms with Gasteiger partial charge in [0.1, 0.15) is 5.69 Å². The average Bonchev–Trinajstić information content (AvgIpc) is 2.69. The Morgan fingerprint density at radius 2 is 2.13 bits per heavy atom. The van der Waals surface area contributed by atoms with Crippen LogP contribution in [0.15, 0.2) is 38.0 Å². The summed E-state index contributed by atoms with van der Waals surface area (Å²) in [5.41, 5.74) is 7.28. The zero-order valence-electron chi connectivity index (χ0n) is 7.71. The van der Waals surface area contributed by atoms with Crippen molar-refractivity contribution in [1.29, 1.82) is 0 Å². The van der Waals surface area contributed by atoms with Crippen LogP contribution in [0, 0.1) is 0 Å². The second-order valence-corrected chi connectivity index (χ2v) is 4.73. The molecule has 5 heteroatoms. The third-order valence-corrected chi connectivity index (χ3v) is 3.19. The predicted molar refractivity (Wildman–Crippen MR) is 65.2 cm³/mol. The van der Waals surface area contributed by atoms with Crippen molar-refractivity contribution in [2.75, 3.05) is 0 Å². The zero-order chi connectivity index (χ0) is 10.8. The lowest BCUT2D eigenvalue weighted by Crippen LogP contribution is -1.98. The Bertz CT molecular complexity index is 482. The van der Waals surface area contributed by atoms with E-state index in [-0.39, 0.29) is 0 Å². The number of halogens is 2. The fourth-order valence-electron chi connectivity index (χ4n) is 1.31. The normalized spacial score (nSPS) is 10.6. The molecule has 15 heavy (non-hydrogen) atoms. The van der Waals surface area contributed by atoms with Crippen molar-refractivity contribution in [1.82, 2.24) is 4.98 Å². The van der Waals surface area contributed by atoms with Crippen LogP contribution in [-0.2, 0) is 6.54 Å². The average molecular weight is 332 g/mol. The molecule has 1 aromatic heterocycles. The molecule has 3 nitrogen and oxygen atoms in total. The first-order valence-corrected chi connectivity index (χ1v) is 5.89. The quantitative estimate of drug-likeness (QED) is 0.918. The highest BCUT2D eigenvalue weighted by atomic mass is 79.9. The molecule has 2 N–H and O–H groups in total. The van der Waals surface area contributed by atoms with Crippen molar-refractivity contribution < 1.29 is 4.42 Å². The number of rotatable bonds is 2. The summed E-state index contributed by atoms with van der Waals surface area (Å²) >= 11 is 6.88. The van der Waals surface area contributed by atoms with E-state index in [2.05, 4.69) is 36.8 Å². The van der Waals surface area contributed by atoms with E-state index in [1.54, 1.807) is 0 Å². The molecule has 1 heterocycles. The molecule has 0 atom stereocenters. The van der Waals surface area contributed by atoms with Gasteiger partial charge < -0.3 is 10.2 Å². The molecule has 0 saturated carbocycles. The van der Waals surface area contributed by atoms with Crippen LogP contribution in [0.4, 0.5) is 0 Å². The molecular weight excluding hydrogens is 324 g/mol. The number of aromatic nitrogens is 1. The number of hydrogen-bond acceptors (Lipinski definition) is 3. The van der Waals surface area contributed by atoms with Crippen molar-refractivity contribution >= 4 is 31.9 Å². The van der Waals surface area contributed by atoms with Crippen LogP contribution in [0.5, 0.6) is 0 Å². The van der Waals surface area contributed by atoms with Gasteiger partial charge in [0.05, 0.1) is 0 Å². The van der Waals surface area contributed by atoms with Gasteiger partial charge in [0.25, 0.3) is 0 Å². The van der Waals surface area contributed by atoms with Gasteiger partial charge in [-0.25, -0.2) is 4.98 Å².